The summed E-state index contributed by atoms with van der Waals surface area (Å²) in [5, 5.41) is 13.7. The third-order valence-electron chi connectivity index (χ3n) is 7.02. The van der Waals surface area contributed by atoms with Crippen LogP contribution in [0.1, 0.15) is 43.5 Å². The smallest absolute Gasteiger partial charge is 0.387 e. The molecule has 1 aromatic carbocycles. The molecule has 2 aliphatic rings. The van der Waals surface area contributed by atoms with Gasteiger partial charge in [-0.05, 0) is 51.3 Å². The highest BCUT2D eigenvalue weighted by Crippen LogP contribution is 2.37. The molecule has 1 saturated carbocycles. The number of aliphatic hydroxyl groups is 1. The Bertz CT molecular complexity index is 1330. The van der Waals surface area contributed by atoms with Crippen molar-refractivity contribution in [2.75, 3.05) is 26.8 Å². The molecular weight excluding hydrogens is 498 g/mol. The maximum atomic E-state index is 13.3. The van der Waals surface area contributed by atoms with Gasteiger partial charge >= 0.3 is 6.61 Å². The number of likely N-dealkylation sites (tertiary alicyclic amines) is 1. The number of benzene rings is 1. The van der Waals surface area contributed by atoms with E-state index in [9.17, 15) is 18.7 Å². The van der Waals surface area contributed by atoms with Gasteiger partial charge in [-0.2, -0.15) is 8.78 Å². The Morgan fingerprint density at radius 2 is 2.03 bits per heavy atom. The quantitative estimate of drug-likeness (QED) is 0.412. The molecule has 1 aliphatic heterocycles. The van der Waals surface area contributed by atoms with Crippen molar-refractivity contribution in [3.05, 3.63) is 42.2 Å². The van der Waals surface area contributed by atoms with Crippen molar-refractivity contribution in [2.24, 2.45) is 0 Å². The molecule has 0 bridgehead atoms. The van der Waals surface area contributed by atoms with Crippen molar-refractivity contribution in [3.8, 4) is 28.5 Å². The molecule has 2 N–H and O–H groups in total. The summed E-state index contributed by atoms with van der Waals surface area (Å²) < 4.78 is 44.4. The van der Waals surface area contributed by atoms with Gasteiger partial charge in [-0.15, -0.1) is 0 Å². The van der Waals surface area contributed by atoms with E-state index in [4.69, 9.17) is 14.2 Å². The number of imidazole rings is 1. The molecule has 1 aliphatic carbocycles. The van der Waals surface area contributed by atoms with Gasteiger partial charge in [0.25, 0.3) is 5.91 Å². The van der Waals surface area contributed by atoms with Gasteiger partial charge in [0.05, 0.1) is 19.0 Å². The van der Waals surface area contributed by atoms with Crippen LogP contribution < -0.4 is 19.5 Å². The van der Waals surface area contributed by atoms with Crippen molar-refractivity contribution in [2.45, 2.75) is 57.4 Å². The van der Waals surface area contributed by atoms with Crippen LogP contribution in [0.3, 0.4) is 0 Å². The highest BCUT2D eigenvalue weighted by atomic mass is 19.3. The third kappa shape index (κ3) is 5.53. The predicted octanol–water partition coefficient (Wildman–Crippen LogP) is 3.73. The number of fused-ring (bicyclic) bond motifs is 1. The molecule has 1 amide bonds. The average Bonchev–Trinajstić information content (AvgIpc) is 3.44. The van der Waals surface area contributed by atoms with E-state index in [1.54, 1.807) is 35.0 Å². The van der Waals surface area contributed by atoms with E-state index in [1.807, 2.05) is 0 Å². The number of halogens is 2. The van der Waals surface area contributed by atoms with Gasteiger partial charge in [-0.1, -0.05) is 0 Å². The number of nitrogens with zero attached hydrogens (tertiary/aromatic N) is 3. The molecule has 2 aromatic heterocycles. The number of aromatic nitrogens is 2. The number of β-amino-alcohol motifs (C(OH)–C–C–N with tert-alkyl or cyclic N) is 1. The van der Waals surface area contributed by atoms with E-state index in [-0.39, 0.29) is 29.7 Å². The Kier molecular flexibility index (Phi) is 7.15. The number of amides is 1. The highest BCUT2D eigenvalue weighted by molar-refractivity contribution is 6.01. The number of hydrogen-bond donors (Lipinski definition) is 2. The number of ether oxygens (including phenoxy) is 3. The standard InChI is InChI=1S/C27H32F2N4O5/c1-16(2)32-9-7-27(35,14-32)15-37-19-6-8-33-20(13-30-23(33)12-19)17-10-21(36-3)24(22(11-17)38-26(28)29)25(34)31-18-4-5-18/h6,8,10-13,16,18,26,35H,4-5,7,9,14-15H2,1-3H3,(H,31,34). The molecule has 2 fully saturated rings. The van der Waals surface area contributed by atoms with Crippen molar-refractivity contribution >= 4 is 11.6 Å². The van der Waals surface area contributed by atoms with Crippen LogP contribution in [-0.4, -0.2) is 76.4 Å². The maximum Gasteiger partial charge on any atom is 0.387 e. The largest absolute Gasteiger partial charge is 0.496 e. The van der Waals surface area contributed by atoms with Crippen LogP contribution in [0, 0.1) is 0 Å². The minimum Gasteiger partial charge on any atom is -0.496 e. The Morgan fingerprint density at radius 3 is 2.68 bits per heavy atom. The molecule has 1 unspecified atom stereocenters. The number of hydrogen-bond acceptors (Lipinski definition) is 7. The average molecular weight is 531 g/mol. The molecule has 38 heavy (non-hydrogen) atoms. The fourth-order valence-corrected chi connectivity index (χ4v) is 4.73. The number of nitrogens with one attached hydrogen (secondary N) is 1. The molecule has 0 spiro atoms. The van der Waals surface area contributed by atoms with Crippen molar-refractivity contribution < 1.29 is 32.9 Å². The normalized spacial score (nSPS) is 19.9. The van der Waals surface area contributed by atoms with Crippen LogP contribution >= 0.6 is 0 Å². The van der Waals surface area contributed by atoms with Crippen LogP contribution in [-0.2, 0) is 0 Å². The van der Waals surface area contributed by atoms with Crippen molar-refractivity contribution in [1.82, 2.24) is 19.6 Å². The second kappa shape index (κ2) is 10.4. The molecule has 11 heteroatoms. The van der Waals surface area contributed by atoms with Crippen LogP contribution in [0.5, 0.6) is 17.2 Å². The molecular formula is C27H32F2N4O5. The molecule has 204 valence electrons. The topological polar surface area (TPSA) is 97.6 Å². The Labute approximate surface area is 219 Å². The first-order valence-electron chi connectivity index (χ1n) is 12.7. The molecule has 1 atom stereocenters. The van der Waals surface area contributed by atoms with Crippen molar-refractivity contribution in [3.63, 3.8) is 0 Å². The van der Waals surface area contributed by atoms with Gasteiger partial charge in [0.15, 0.2) is 0 Å². The summed E-state index contributed by atoms with van der Waals surface area (Å²) in [6.45, 7) is 2.63. The first-order valence-corrected chi connectivity index (χ1v) is 12.7. The zero-order valence-electron chi connectivity index (χ0n) is 21.6. The summed E-state index contributed by atoms with van der Waals surface area (Å²) in [4.78, 5) is 19.4. The second-order valence-electron chi connectivity index (χ2n) is 10.2. The Balaban J connectivity index is 1.40. The first kappa shape index (κ1) is 26.2. The van der Waals surface area contributed by atoms with Gasteiger partial charge in [-0.25, -0.2) is 4.98 Å². The summed E-state index contributed by atoms with van der Waals surface area (Å²) in [6.07, 6.45) is 5.68. The number of rotatable bonds is 10. The SMILES string of the molecule is COc1cc(-c2cnc3cc(OCC4(O)CCN(C(C)C)C4)ccn23)cc(OC(F)F)c1C(=O)NC1CC1. The zero-order valence-corrected chi connectivity index (χ0v) is 21.6. The van der Waals surface area contributed by atoms with Gasteiger partial charge in [0.1, 0.15) is 40.7 Å². The Hall–Kier alpha value is -3.44. The van der Waals surface area contributed by atoms with E-state index >= 15 is 0 Å². The lowest BCUT2D eigenvalue weighted by Gasteiger charge is -2.25. The molecule has 1 saturated heterocycles. The summed E-state index contributed by atoms with van der Waals surface area (Å²) in [5.41, 5.74) is 0.637. The summed E-state index contributed by atoms with van der Waals surface area (Å²) in [5.74, 6) is -0.126. The highest BCUT2D eigenvalue weighted by Gasteiger charge is 2.37. The lowest BCUT2D eigenvalue weighted by atomic mass is 10.1. The number of alkyl halides is 2. The number of carbonyl (C=O) groups is 1. The van der Waals surface area contributed by atoms with E-state index < -0.39 is 18.1 Å². The summed E-state index contributed by atoms with van der Waals surface area (Å²) >= 11 is 0. The van der Waals surface area contributed by atoms with Crippen LogP contribution in [0.2, 0.25) is 0 Å². The molecule has 3 heterocycles. The van der Waals surface area contributed by atoms with E-state index in [0.29, 0.717) is 41.7 Å². The fourth-order valence-electron chi connectivity index (χ4n) is 4.73. The lowest BCUT2D eigenvalue weighted by Crippen LogP contribution is -2.40. The molecule has 3 aromatic rings. The van der Waals surface area contributed by atoms with E-state index in [0.717, 1.165) is 19.4 Å². The van der Waals surface area contributed by atoms with Crippen LogP contribution in [0.25, 0.3) is 16.9 Å². The molecule has 5 rings (SSSR count). The second-order valence-corrected chi connectivity index (χ2v) is 10.2. The Morgan fingerprint density at radius 1 is 1.26 bits per heavy atom. The van der Waals surface area contributed by atoms with Gasteiger partial charge in [0.2, 0.25) is 0 Å². The number of methoxy groups -OCH3 is 1. The summed E-state index contributed by atoms with van der Waals surface area (Å²) in [6, 6.07) is 6.88. The van der Waals surface area contributed by atoms with Gasteiger partial charge in [-0.3, -0.25) is 14.1 Å². The number of carbonyl (C=O) groups excluding carboxylic acids is 1. The monoisotopic (exact) mass is 530 g/mol. The number of pyridine rings is 1. The molecule has 9 nitrogen and oxygen atoms in total. The minimum absolute atomic E-state index is 0.0324. The van der Waals surface area contributed by atoms with Crippen LogP contribution in [0.4, 0.5) is 8.78 Å². The first-order chi connectivity index (χ1) is 18.2. The maximum absolute atomic E-state index is 13.3. The van der Waals surface area contributed by atoms with Gasteiger partial charge < -0.3 is 24.6 Å². The van der Waals surface area contributed by atoms with E-state index in [2.05, 4.69) is 29.0 Å². The minimum atomic E-state index is -3.12. The lowest BCUT2D eigenvalue weighted by molar-refractivity contribution is -0.0502. The predicted molar refractivity (Wildman–Crippen MR) is 136 cm³/mol. The zero-order chi connectivity index (χ0) is 27.0. The van der Waals surface area contributed by atoms with E-state index in [1.165, 1.54) is 13.2 Å². The fraction of sp³-hybridized carbons (Fsp3) is 0.481. The molecule has 0 radical (unpaired) electrons. The van der Waals surface area contributed by atoms with Crippen molar-refractivity contribution in [1.29, 1.82) is 0 Å². The third-order valence-corrected chi connectivity index (χ3v) is 7.02. The van der Waals surface area contributed by atoms with Crippen LogP contribution in [0.15, 0.2) is 36.7 Å². The summed E-state index contributed by atoms with van der Waals surface area (Å²) in [7, 11) is 1.37. The van der Waals surface area contributed by atoms with Gasteiger partial charge in [0, 0.05) is 43.0 Å².